The van der Waals surface area contributed by atoms with Gasteiger partial charge < -0.3 is 15.6 Å². The van der Waals surface area contributed by atoms with E-state index in [1.165, 1.54) is 0 Å². The monoisotopic (exact) mass is 376 g/mol. The molecule has 0 aliphatic carbocycles. The predicted molar refractivity (Wildman–Crippen MR) is 62.9 cm³/mol. The molecule has 9 heteroatoms. The number of hydrogen-bond donors (Lipinski definition) is 2. The smallest absolute Gasteiger partial charge is 0.481 e. The van der Waals surface area contributed by atoms with Gasteiger partial charge in [0.05, 0.1) is 12.1 Å². The molecule has 1 aromatic heterocycles. The molecule has 0 unspecified atom stereocenters. The molecule has 0 saturated carbocycles. The van der Waals surface area contributed by atoms with Crippen molar-refractivity contribution in [2.75, 3.05) is 0 Å². The Balaban J connectivity index is 3.17. The maximum absolute atomic E-state index is 12.1. The third-order valence-electron chi connectivity index (χ3n) is 1.84. The van der Waals surface area contributed by atoms with Gasteiger partial charge in [-0.1, -0.05) is 0 Å². The van der Waals surface area contributed by atoms with Crippen LogP contribution in [0.25, 0.3) is 0 Å². The predicted octanol–water partition coefficient (Wildman–Crippen LogP) is 1.67. The summed E-state index contributed by atoms with van der Waals surface area (Å²) in [5, 5.41) is 8.64. The number of nitrogens with zero attached hydrogens (tertiary/aromatic N) is 1. The number of ether oxygens (including phenoxy) is 1. The number of nitrogens with two attached hydrogens (primary N) is 1. The normalized spacial score (nSPS) is 11.4. The molecule has 0 spiro atoms. The van der Waals surface area contributed by atoms with Gasteiger partial charge in [-0.3, -0.25) is 4.79 Å². The van der Waals surface area contributed by atoms with Crippen LogP contribution in [0.2, 0.25) is 0 Å². The number of aliphatic carboxylic acids is 1. The lowest BCUT2D eigenvalue weighted by molar-refractivity contribution is -0.276. The van der Waals surface area contributed by atoms with Crippen molar-refractivity contribution in [2.24, 2.45) is 5.73 Å². The lowest BCUT2D eigenvalue weighted by atomic mass is 10.2. The molecule has 1 rings (SSSR count). The van der Waals surface area contributed by atoms with Crippen LogP contribution < -0.4 is 10.5 Å². The molecule has 0 atom stereocenters. The van der Waals surface area contributed by atoms with Gasteiger partial charge >= 0.3 is 12.3 Å². The van der Waals surface area contributed by atoms with Crippen LogP contribution in [0, 0.1) is 3.57 Å². The summed E-state index contributed by atoms with van der Waals surface area (Å²) in [6.45, 7) is -0.0401. The first-order valence-electron chi connectivity index (χ1n) is 4.59. The van der Waals surface area contributed by atoms with Crippen LogP contribution in [-0.4, -0.2) is 22.4 Å². The molecule has 1 aromatic rings. The quantitative estimate of drug-likeness (QED) is 0.782. The number of carboxylic acids is 1. The van der Waals surface area contributed by atoms with Crippen molar-refractivity contribution in [3.8, 4) is 5.88 Å². The summed E-state index contributed by atoms with van der Waals surface area (Å²) >= 11 is 1.79. The summed E-state index contributed by atoms with van der Waals surface area (Å²) in [4.78, 5) is 14.1. The number of halogens is 4. The van der Waals surface area contributed by atoms with Gasteiger partial charge in [0, 0.05) is 16.2 Å². The molecule has 0 aliphatic rings. The molecule has 100 valence electrons. The summed E-state index contributed by atoms with van der Waals surface area (Å²) in [5.74, 6) is -1.91. The van der Waals surface area contributed by atoms with Gasteiger partial charge in [0.25, 0.3) is 0 Å². The summed E-state index contributed by atoms with van der Waals surface area (Å²) in [7, 11) is 0. The van der Waals surface area contributed by atoms with E-state index in [1.807, 2.05) is 0 Å². The Hall–Kier alpha value is -1.10. The molecule has 0 aromatic carbocycles. The Kier molecular flexibility index (Phi) is 4.73. The molecule has 0 saturated heterocycles. The Morgan fingerprint density at radius 3 is 2.61 bits per heavy atom. The zero-order valence-electron chi connectivity index (χ0n) is 8.79. The first kappa shape index (κ1) is 15.0. The van der Waals surface area contributed by atoms with Crippen molar-refractivity contribution in [2.45, 2.75) is 19.3 Å². The van der Waals surface area contributed by atoms with Crippen molar-refractivity contribution in [3.63, 3.8) is 0 Å². The second-order valence-electron chi connectivity index (χ2n) is 3.20. The molecular formula is C9H8F3IN2O3. The highest BCUT2D eigenvalue weighted by Crippen LogP contribution is 2.26. The average Bonchev–Trinajstić information content (AvgIpc) is 2.19. The summed E-state index contributed by atoms with van der Waals surface area (Å²) < 4.78 is 40.3. The number of carboxylic acid groups (broad SMARTS) is 1. The zero-order valence-corrected chi connectivity index (χ0v) is 10.9. The number of rotatable bonds is 4. The molecule has 18 heavy (non-hydrogen) atoms. The van der Waals surface area contributed by atoms with Gasteiger partial charge in [0.1, 0.15) is 0 Å². The average molecular weight is 376 g/mol. The van der Waals surface area contributed by atoms with Crippen LogP contribution in [-0.2, 0) is 17.8 Å². The standard InChI is InChI=1S/C9H8F3IN2O3/c10-9(11,12)18-6-1-4(3-14)8(13)5(15-6)2-7(16)17/h1H,2-3,14H2,(H,16,17). The Labute approximate surface area is 113 Å². The van der Waals surface area contributed by atoms with Crippen LogP contribution in [0.3, 0.4) is 0 Å². The molecule has 0 radical (unpaired) electrons. The molecule has 3 N–H and O–H groups in total. The van der Waals surface area contributed by atoms with Crippen LogP contribution in [0.5, 0.6) is 5.88 Å². The van der Waals surface area contributed by atoms with E-state index in [-0.39, 0.29) is 12.2 Å². The lowest BCUT2D eigenvalue weighted by Gasteiger charge is -2.12. The minimum atomic E-state index is -4.88. The van der Waals surface area contributed by atoms with E-state index in [4.69, 9.17) is 10.8 Å². The third-order valence-corrected chi connectivity index (χ3v) is 3.15. The Morgan fingerprint density at radius 1 is 1.56 bits per heavy atom. The van der Waals surface area contributed by atoms with Gasteiger partial charge in [0.2, 0.25) is 5.88 Å². The minimum absolute atomic E-state index is 0.00898. The Morgan fingerprint density at radius 2 is 2.17 bits per heavy atom. The second-order valence-corrected chi connectivity index (χ2v) is 4.28. The minimum Gasteiger partial charge on any atom is -0.481 e. The lowest BCUT2D eigenvalue weighted by Crippen LogP contribution is -2.19. The van der Waals surface area contributed by atoms with Gasteiger partial charge in [-0.25, -0.2) is 4.98 Å². The summed E-state index contributed by atoms with van der Waals surface area (Å²) in [6.07, 6.45) is -5.38. The van der Waals surface area contributed by atoms with E-state index in [2.05, 4.69) is 9.72 Å². The molecule has 0 amide bonds. The summed E-state index contributed by atoms with van der Waals surface area (Å²) in [6, 6.07) is 1.04. The largest absolute Gasteiger partial charge is 0.574 e. The third kappa shape index (κ3) is 4.29. The first-order chi connectivity index (χ1) is 8.23. The first-order valence-corrected chi connectivity index (χ1v) is 5.66. The van der Waals surface area contributed by atoms with Crippen molar-refractivity contribution < 1.29 is 27.8 Å². The van der Waals surface area contributed by atoms with Gasteiger partial charge in [-0.15, -0.1) is 13.2 Å². The van der Waals surface area contributed by atoms with E-state index < -0.39 is 24.6 Å². The van der Waals surface area contributed by atoms with Crippen molar-refractivity contribution in [1.82, 2.24) is 4.98 Å². The highest BCUT2D eigenvalue weighted by Gasteiger charge is 2.32. The zero-order chi connectivity index (χ0) is 13.9. The topological polar surface area (TPSA) is 85.4 Å². The molecule has 0 fully saturated rings. The van der Waals surface area contributed by atoms with E-state index >= 15 is 0 Å². The summed E-state index contributed by atoms with van der Waals surface area (Å²) in [5.41, 5.74) is 5.71. The van der Waals surface area contributed by atoms with E-state index in [9.17, 15) is 18.0 Å². The fraction of sp³-hybridized carbons (Fsp3) is 0.333. The molecule has 0 aliphatic heterocycles. The van der Waals surface area contributed by atoms with Crippen LogP contribution in [0.15, 0.2) is 6.07 Å². The maximum atomic E-state index is 12.1. The van der Waals surface area contributed by atoms with Crippen LogP contribution in [0.4, 0.5) is 13.2 Å². The molecular weight excluding hydrogens is 368 g/mol. The maximum Gasteiger partial charge on any atom is 0.574 e. The fourth-order valence-electron chi connectivity index (χ4n) is 1.19. The number of aromatic nitrogens is 1. The van der Waals surface area contributed by atoms with Gasteiger partial charge in [-0.05, 0) is 28.2 Å². The highest BCUT2D eigenvalue weighted by molar-refractivity contribution is 14.1. The van der Waals surface area contributed by atoms with Gasteiger partial charge in [-0.2, -0.15) is 0 Å². The van der Waals surface area contributed by atoms with Gasteiger partial charge in [0.15, 0.2) is 0 Å². The van der Waals surface area contributed by atoms with Crippen molar-refractivity contribution in [3.05, 3.63) is 20.9 Å². The van der Waals surface area contributed by atoms with Crippen molar-refractivity contribution in [1.29, 1.82) is 0 Å². The highest BCUT2D eigenvalue weighted by atomic mass is 127. The Bertz CT molecular complexity index is 465. The number of carbonyl (C=O) groups is 1. The molecule has 1 heterocycles. The number of pyridine rings is 1. The number of hydrogen-bond acceptors (Lipinski definition) is 4. The van der Waals surface area contributed by atoms with E-state index in [0.717, 1.165) is 6.07 Å². The fourth-order valence-corrected chi connectivity index (χ4v) is 1.88. The van der Waals surface area contributed by atoms with Crippen LogP contribution >= 0.6 is 22.6 Å². The van der Waals surface area contributed by atoms with Crippen LogP contribution in [0.1, 0.15) is 11.3 Å². The number of alkyl halides is 3. The van der Waals surface area contributed by atoms with E-state index in [1.54, 1.807) is 22.6 Å². The second kappa shape index (κ2) is 5.69. The van der Waals surface area contributed by atoms with Crippen molar-refractivity contribution >= 4 is 28.6 Å². The molecule has 0 bridgehead atoms. The SMILES string of the molecule is NCc1cc(OC(F)(F)F)nc(CC(=O)O)c1I. The van der Waals surface area contributed by atoms with E-state index in [0.29, 0.717) is 9.13 Å². The molecule has 5 nitrogen and oxygen atoms in total.